The summed E-state index contributed by atoms with van der Waals surface area (Å²) in [6, 6.07) is 16.3. The average molecular weight is 375 g/mol. The fraction of sp³-hybridized carbons (Fsp3) is 0.158. The largest absolute Gasteiger partial charge is 0.304 e. The second-order valence-electron chi connectivity index (χ2n) is 5.95. The van der Waals surface area contributed by atoms with Gasteiger partial charge in [0, 0.05) is 22.5 Å². The van der Waals surface area contributed by atoms with Crippen LogP contribution < -0.4 is 0 Å². The molecule has 3 nitrogen and oxygen atoms in total. The molecule has 0 spiro atoms. The minimum absolute atomic E-state index is 0.181. The van der Waals surface area contributed by atoms with Crippen molar-refractivity contribution < 1.29 is 12.8 Å². The Morgan fingerprint density at radius 1 is 0.960 bits per heavy atom. The molecule has 2 aromatic carbocycles. The molecule has 1 heterocycles. The Kier molecular flexibility index (Phi) is 5.03. The van der Waals surface area contributed by atoms with Crippen LogP contribution in [0.5, 0.6) is 0 Å². The van der Waals surface area contributed by atoms with Crippen LogP contribution in [0.1, 0.15) is 4.88 Å². The summed E-state index contributed by atoms with van der Waals surface area (Å²) in [5, 5.41) is 0. The van der Waals surface area contributed by atoms with Crippen LogP contribution in [0, 0.1) is 5.82 Å². The van der Waals surface area contributed by atoms with Gasteiger partial charge in [-0.1, -0.05) is 36.4 Å². The molecule has 130 valence electrons. The predicted molar refractivity (Wildman–Crippen MR) is 99.0 cm³/mol. The predicted octanol–water partition coefficient (Wildman–Crippen LogP) is 4.45. The summed E-state index contributed by atoms with van der Waals surface area (Å²) in [4.78, 5) is 3.04. The molecule has 0 aliphatic carbocycles. The van der Waals surface area contributed by atoms with Gasteiger partial charge in [0.05, 0.1) is 4.90 Å². The lowest BCUT2D eigenvalue weighted by atomic mass is 10.1. The van der Waals surface area contributed by atoms with Gasteiger partial charge in [0.15, 0.2) is 0 Å². The Bertz CT molecular complexity index is 980. The summed E-state index contributed by atoms with van der Waals surface area (Å²) in [6.07, 6.45) is 0. The van der Waals surface area contributed by atoms with Crippen molar-refractivity contribution in [3.8, 4) is 11.1 Å². The van der Waals surface area contributed by atoms with Gasteiger partial charge >= 0.3 is 0 Å². The molecule has 0 aliphatic rings. The molecular formula is C19H18FNO2S2. The maximum Gasteiger partial charge on any atom is 0.216 e. The van der Waals surface area contributed by atoms with E-state index in [9.17, 15) is 12.8 Å². The molecule has 0 bridgehead atoms. The maximum atomic E-state index is 14.3. The summed E-state index contributed by atoms with van der Waals surface area (Å²) in [7, 11) is 0.105. The van der Waals surface area contributed by atoms with Gasteiger partial charge in [-0.25, -0.2) is 12.8 Å². The summed E-state index contributed by atoms with van der Waals surface area (Å²) < 4.78 is 40.7. The Hall–Kier alpha value is -2.02. The van der Waals surface area contributed by atoms with E-state index < -0.39 is 15.7 Å². The molecule has 6 heteroatoms. The quantitative estimate of drug-likeness (QED) is 0.661. The van der Waals surface area contributed by atoms with Gasteiger partial charge < -0.3 is 4.90 Å². The SMILES string of the molecule is CN(C)Cc1cc(-c2ccccc2F)c(S(=O)(=O)c2ccccc2)s1. The average Bonchev–Trinajstić information content (AvgIpc) is 2.99. The van der Waals surface area contributed by atoms with Gasteiger partial charge in [0.1, 0.15) is 10.0 Å². The van der Waals surface area contributed by atoms with Crippen LogP contribution in [0.25, 0.3) is 11.1 Å². The van der Waals surface area contributed by atoms with Gasteiger partial charge in [-0.15, -0.1) is 11.3 Å². The first kappa shape index (κ1) is 17.8. The molecule has 0 atom stereocenters. The van der Waals surface area contributed by atoms with E-state index in [1.54, 1.807) is 54.6 Å². The first-order valence-electron chi connectivity index (χ1n) is 7.72. The molecule has 0 N–H and O–H groups in total. The van der Waals surface area contributed by atoms with Crippen molar-refractivity contribution >= 4 is 21.2 Å². The lowest BCUT2D eigenvalue weighted by Gasteiger charge is -2.07. The number of thiophene rings is 1. The third kappa shape index (κ3) is 3.66. The second-order valence-corrected chi connectivity index (χ2v) is 9.23. The van der Waals surface area contributed by atoms with Crippen molar-refractivity contribution in [2.45, 2.75) is 15.6 Å². The van der Waals surface area contributed by atoms with E-state index >= 15 is 0 Å². The Balaban J connectivity index is 2.22. The van der Waals surface area contributed by atoms with Gasteiger partial charge in [-0.3, -0.25) is 0 Å². The summed E-state index contributed by atoms with van der Waals surface area (Å²) in [5.41, 5.74) is 0.724. The molecule has 0 unspecified atom stereocenters. The number of halogens is 1. The molecule has 0 saturated carbocycles. The first-order valence-corrected chi connectivity index (χ1v) is 10.0. The lowest BCUT2D eigenvalue weighted by molar-refractivity contribution is 0.406. The fourth-order valence-corrected chi connectivity index (χ4v) is 5.84. The van der Waals surface area contributed by atoms with Gasteiger partial charge in [-0.05, 0) is 38.4 Å². The van der Waals surface area contributed by atoms with Crippen LogP contribution in [-0.2, 0) is 16.4 Å². The molecule has 3 aromatic rings. The minimum atomic E-state index is -3.72. The van der Waals surface area contributed by atoms with E-state index in [1.165, 1.54) is 17.4 Å². The lowest BCUT2D eigenvalue weighted by Crippen LogP contribution is -2.09. The van der Waals surface area contributed by atoms with Crippen molar-refractivity contribution in [2.24, 2.45) is 0 Å². The van der Waals surface area contributed by atoms with Crippen molar-refractivity contribution in [3.05, 3.63) is 71.4 Å². The monoisotopic (exact) mass is 375 g/mol. The van der Waals surface area contributed by atoms with E-state index in [-0.39, 0.29) is 9.10 Å². The second kappa shape index (κ2) is 7.07. The molecule has 0 fully saturated rings. The van der Waals surface area contributed by atoms with E-state index in [4.69, 9.17) is 0 Å². The number of nitrogens with zero attached hydrogens (tertiary/aromatic N) is 1. The third-order valence-corrected chi connectivity index (χ3v) is 7.11. The van der Waals surface area contributed by atoms with Crippen LogP contribution >= 0.6 is 11.3 Å². The highest BCUT2D eigenvalue weighted by Gasteiger charge is 2.26. The Morgan fingerprint density at radius 2 is 1.60 bits per heavy atom. The third-order valence-electron chi connectivity index (χ3n) is 3.68. The van der Waals surface area contributed by atoms with Crippen molar-refractivity contribution in [1.29, 1.82) is 0 Å². The molecule has 0 aliphatic heterocycles. The Labute approximate surface area is 151 Å². The highest BCUT2D eigenvalue weighted by atomic mass is 32.2. The summed E-state index contributed by atoms with van der Waals surface area (Å²) >= 11 is 1.20. The standard InChI is InChI=1S/C19H18FNO2S2/c1-21(2)13-14-12-17(16-10-6-7-11-18(16)20)19(24-14)25(22,23)15-8-4-3-5-9-15/h3-12H,13H2,1-2H3. The summed E-state index contributed by atoms with van der Waals surface area (Å²) in [5.74, 6) is -0.429. The number of hydrogen-bond donors (Lipinski definition) is 0. The van der Waals surface area contributed by atoms with E-state index in [0.717, 1.165) is 4.88 Å². The van der Waals surface area contributed by atoms with Gasteiger partial charge in [0.2, 0.25) is 9.84 Å². The van der Waals surface area contributed by atoms with Gasteiger partial charge in [-0.2, -0.15) is 0 Å². The summed E-state index contributed by atoms with van der Waals surface area (Å²) in [6.45, 7) is 0.594. The molecule has 1 aromatic heterocycles. The van der Waals surface area contributed by atoms with Crippen molar-refractivity contribution in [1.82, 2.24) is 4.90 Å². The van der Waals surface area contributed by atoms with E-state index in [0.29, 0.717) is 17.7 Å². The zero-order chi connectivity index (χ0) is 18.0. The molecule has 25 heavy (non-hydrogen) atoms. The fourth-order valence-electron chi connectivity index (χ4n) is 2.59. The van der Waals surface area contributed by atoms with Crippen LogP contribution in [0.3, 0.4) is 0 Å². The molecule has 3 rings (SSSR count). The highest BCUT2D eigenvalue weighted by Crippen LogP contribution is 2.39. The number of hydrogen-bond acceptors (Lipinski definition) is 4. The Morgan fingerprint density at radius 3 is 2.24 bits per heavy atom. The maximum absolute atomic E-state index is 14.3. The smallest absolute Gasteiger partial charge is 0.216 e. The van der Waals surface area contributed by atoms with Crippen LogP contribution in [0.15, 0.2) is 69.8 Å². The minimum Gasteiger partial charge on any atom is -0.304 e. The topological polar surface area (TPSA) is 37.4 Å². The zero-order valence-electron chi connectivity index (χ0n) is 13.9. The normalized spacial score (nSPS) is 11.8. The molecule has 0 radical (unpaired) electrons. The highest BCUT2D eigenvalue weighted by molar-refractivity contribution is 7.93. The van der Waals surface area contributed by atoms with Gasteiger partial charge in [0.25, 0.3) is 0 Å². The number of rotatable bonds is 5. The van der Waals surface area contributed by atoms with E-state index in [2.05, 4.69) is 0 Å². The molecule has 0 amide bonds. The van der Waals surface area contributed by atoms with Crippen molar-refractivity contribution in [3.63, 3.8) is 0 Å². The van der Waals surface area contributed by atoms with Crippen LogP contribution in [-0.4, -0.2) is 27.4 Å². The zero-order valence-corrected chi connectivity index (χ0v) is 15.6. The van der Waals surface area contributed by atoms with E-state index in [1.807, 2.05) is 19.0 Å². The van der Waals surface area contributed by atoms with Crippen LogP contribution in [0.2, 0.25) is 0 Å². The first-order chi connectivity index (χ1) is 11.9. The van der Waals surface area contributed by atoms with Crippen molar-refractivity contribution in [2.75, 3.05) is 14.1 Å². The number of sulfone groups is 1. The molecular weight excluding hydrogens is 357 g/mol. The molecule has 0 saturated heterocycles. The number of benzene rings is 2. The van der Waals surface area contributed by atoms with Crippen LogP contribution in [0.4, 0.5) is 4.39 Å².